The summed E-state index contributed by atoms with van der Waals surface area (Å²) >= 11 is 7.89. The van der Waals surface area contributed by atoms with E-state index in [0.29, 0.717) is 41.0 Å². The molecule has 1 aliphatic heterocycles. The van der Waals surface area contributed by atoms with E-state index in [2.05, 4.69) is 0 Å². The third-order valence-corrected chi connectivity index (χ3v) is 5.17. The zero-order valence-corrected chi connectivity index (χ0v) is 14.7. The molecule has 126 valence electrons. The van der Waals surface area contributed by atoms with Crippen LogP contribution in [0.4, 0.5) is 0 Å². The maximum Gasteiger partial charge on any atom is 0.0728 e. The van der Waals surface area contributed by atoms with Crippen LogP contribution in [0, 0.1) is 5.41 Å². The number of hydrogen-bond donors (Lipinski definition) is 3. The zero-order chi connectivity index (χ0) is 17.1. The maximum absolute atomic E-state index is 8.83. The number of nitrogens with two attached hydrogens (primary N) is 1. The molecular formula is C18H19ClN2O2S. The molecule has 0 amide bonds. The molecule has 1 heterocycles. The van der Waals surface area contributed by atoms with Crippen molar-refractivity contribution in [3.05, 3.63) is 57.1 Å². The predicted octanol–water partition coefficient (Wildman–Crippen LogP) is 3.81. The van der Waals surface area contributed by atoms with Crippen molar-refractivity contribution < 1.29 is 9.84 Å². The summed E-state index contributed by atoms with van der Waals surface area (Å²) in [5.74, 6) is 0.723. The molecule has 0 saturated heterocycles. The lowest BCUT2D eigenvalue weighted by Gasteiger charge is -2.20. The number of aliphatic hydroxyl groups excluding tert-OH is 1. The van der Waals surface area contributed by atoms with E-state index in [-0.39, 0.29) is 6.61 Å². The van der Waals surface area contributed by atoms with Crippen molar-refractivity contribution in [3.63, 3.8) is 0 Å². The Morgan fingerprint density at radius 3 is 2.96 bits per heavy atom. The highest BCUT2D eigenvalue weighted by molar-refractivity contribution is 8.03. The standard InChI is InChI=1S/C18H19ClN2O2S/c19-14-7-12-10-23-9-11-3-1-4-13(17(11)12)18(14)15(20)8-16(21)24-6-2-5-22/h1,3-4,7-8,20,22H,2,5-6,9-10,21H2. The fourth-order valence-electron chi connectivity index (χ4n) is 2.90. The highest BCUT2D eigenvalue weighted by atomic mass is 35.5. The Balaban J connectivity index is 2.01. The smallest absolute Gasteiger partial charge is 0.0728 e. The normalized spacial score (nSPS) is 14.2. The highest BCUT2D eigenvalue weighted by Crippen LogP contribution is 2.35. The third kappa shape index (κ3) is 3.44. The van der Waals surface area contributed by atoms with Gasteiger partial charge < -0.3 is 21.0 Å². The van der Waals surface area contributed by atoms with Crippen LogP contribution in [0.15, 0.2) is 35.4 Å². The lowest BCUT2D eigenvalue weighted by molar-refractivity contribution is 0.103. The molecule has 2 aromatic rings. The summed E-state index contributed by atoms with van der Waals surface area (Å²) in [6.45, 7) is 1.25. The Morgan fingerprint density at radius 2 is 2.17 bits per heavy atom. The second-order valence-corrected chi connectivity index (χ2v) is 7.19. The summed E-state index contributed by atoms with van der Waals surface area (Å²) in [7, 11) is 0. The number of ether oxygens (including phenoxy) is 1. The number of allylic oxidation sites excluding steroid dienone is 1. The van der Waals surface area contributed by atoms with Crippen LogP contribution in [-0.4, -0.2) is 23.2 Å². The monoisotopic (exact) mass is 362 g/mol. The predicted molar refractivity (Wildman–Crippen MR) is 101 cm³/mol. The molecule has 0 saturated carbocycles. The Hall–Kier alpha value is -1.53. The molecule has 0 unspecified atom stereocenters. The number of thioether (sulfide) groups is 1. The summed E-state index contributed by atoms with van der Waals surface area (Å²) in [5, 5.41) is 20.5. The van der Waals surface area contributed by atoms with Crippen LogP contribution in [0.3, 0.4) is 0 Å². The molecule has 0 bridgehead atoms. The Bertz CT molecular complexity index is 820. The van der Waals surface area contributed by atoms with Gasteiger partial charge in [0.1, 0.15) is 0 Å². The first kappa shape index (κ1) is 17.3. The molecule has 0 spiro atoms. The van der Waals surface area contributed by atoms with Gasteiger partial charge in [0.2, 0.25) is 0 Å². The Kier molecular flexibility index (Phi) is 5.46. The van der Waals surface area contributed by atoms with Crippen molar-refractivity contribution >= 4 is 39.8 Å². The fourth-order valence-corrected chi connectivity index (χ4v) is 3.95. The second-order valence-electron chi connectivity index (χ2n) is 5.61. The number of hydrogen-bond acceptors (Lipinski definition) is 5. The minimum Gasteiger partial charge on any atom is -0.396 e. The van der Waals surface area contributed by atoms with E-state index in [4.69, 9.17) is 32.6 Å². The topological polar surface area (TPSA) is 79.3 Å². The van der Waals surface area contributed by atoms with Gasteiger partial charge in [0.05, 0.1) is 29.0 Å². The van der Waals surface area contributed by atoms with Crippen molar-refractivity contribution in [1.82, 2.24) is 0 Å². The lowest BCUT2D eigenvalue weighted by atomic mass is 9.92. The number of aliphatic hydroxyl groups is 1. The Labute approximate surface area is 150 Å². The van der Waals surface area contributed by atoms with Gasteiger partial charge in [-0.25, -0.2) is 0 Å². The number of benzene rings is 2. The van der Waals surface area contributed by atoms with E-state index >= 15 is 0 Å². The first-order chi connectivity index (χ1) is 11.6. The van der Waals surface area contributed by atoms with Crippen LogP contribution < -0.4 is 5.73 Å². The molecule has 24 heavy (non-hydrogen) atoms. The van der Waals surface area contributed by atoms with Gasteiger partial charge >= 0.3 is 0 Å². The quantitative estimate of drug-likeness (QED) is 0.539. The van der Waals surface area contributed by atoms with Crippen LogP contribution in [0.25, 0.3) is 10.8 Å². The van der Waals surface area contributed by atoms with Gasteiger partial charge in [-0.05, 0) is 40.5 Å². The van der Waals surface area contributed by atoms with E-state index in [1.165, 1.54) is 11.8 Å². The van der Waals surface area contributed by atoms with E-state index < -0.39 is 0 Å². The number of halogens is 1. The van der Waals surface area contributed by atoms with Gasteiger partial charge in [0.15, 0.2) is 0 Å². The largest absolute Gasteiger partial charge is 0.396 e. The highest BCUT2D eigenvalue weighted by Gasteiger charge is 2.19. The molecular weight excluding hydrogens is 344 g/mol. The van der Waals surface area contributed by atoms with Crippen molar-refractivity contribution in [2.45, 2.75) is 19.6 Å². The molecule has 0 atom stereocenters. The molecule has 3 rings (SSSR count). The molecule has 4 N–H and O–H groups in total. The summed E-state index contributed by atoms with van der Waals surface area (Å²) in [6.07, 6.45) is 2.31. The SMILES string of the molecule is N=C(C=C(N)SCCCO)c1c(Cl)cc2c3c(cccc13)COC2. The van der Waals surface area contributed by atoms with E-state index in [9.17, 15) is 0 Å². The molecule has 0 aromatic heterocycles. The fraction of sp³-hybridized carbons (Fsp3) is 0.278. The summed E-state index contributed by atoms with van der Waals surface area (Å²) in [5.41, 5.74) is 9.15. The second kappa shape index (κ2) is 7.57. The van der Waals surface area contributed by atoms with Crippen molar-refractivity contribution in [1.29, 1.82) is 5.41 Å². The van der Waals surface area contributed by atoms with Crippen LogP contribution in [0.1, 0.15) is 23.1 Å². The van der Waals surface area contributed by atoms with Gasteiger partial charge in [0, 0.05) is 17.9 Å². The van der Waals surface area contributed by atoms with E-state index in [1.54, 1.807) is 6.08 Å². The van der Waals surface area contributed by atoms with Gasteiger partial charge in [-0.15, -0.1) is 11.8 Å². The van der Waals surface area contributed by atoms with Gasteiger partial charge in [-0.3, -0.25) is 0 Å². The van der Waals surface area contributed by atoms with Crippen LogP contribution >= 0.6 is 23.4 Å². The minimum absolute atomic E-state index is 0.139. The van der Waals surface area contributed by atoms with Crippen molar-refractivity contribution in [2.75, 3.05) is 12.4 Å². The average Bonchev–Trinajstić information content (AvgIpc) is 2.55. The van der Waals surface area contributed by atoms with E-state index in [0.717, 1.165) is 27.7 Å². The third-order valence-electron chi connectivity index (χ3n) is 3.92. The number of nitrogens with one attached hydrogen (secondary N) is 1. The van der Waals surface area contributed by atoms with Crippen LogP contribution in [0.2, 0.25) is 5.02 Å². The van der Waals surface area contributed by atoms with Crippen molar-refractivity contribution in [3.8, 4) is 0 Å². The van der Waals surface area contributed by atoms with Gasteiger partial charge in [-0.1, -0.05) is 29.8 Å². The van der Waals surface area contributed by atoms with Gasteiger partial charge in [0.25, 0.3) is 0 Å². The van der Waals surface area contributed by atoms with Crippen molar-refractivity contribution in [2.24, 2.45) is 5.73 Å². The van der Waals surface area contributed by atoms with E-state index in [1.807, 2.05) is 24.3 Å². The molecule has 6 heteroatoms. The molecule has 0 aliphatic carbocycles. The molecule has 4 nitrogen and oxygen atoms in total. The average molecular weight is 363 g/mol. The van der Waals surface area contributed by atoms with Gasteiger partial charge in [-0.2, -0.15) is 0 Å². The number of rotatable bonds is 6. The summed E-state index contributed by atoms with van der Waals surface area (Å²) in [4.78, 5) is 0. The maximum atomic E-state index is 8.83. The Morgan fingerprint density at radius 1 is 1.38 bits per heavy atom. The lowest BCUT2D eigenvalue weighted by Crippen LogP contribution is -2.08. The first-order valence-corrected chi connectivity index (χ1v) is 9.08. The summed E-state index contributed by atoms with van der Waals surface area (Å²) < 4.78 is 5.59. The molecule has 0 fully saturated rings. The molecule has 2 aromatic carbocycles. The summed E-state index contributed by atoms with van der Waals surface area (Å²) in [6, 6.07) is 7.89. The minimum atomic E-state index is 0.139. The zero-order valence-electron chi connectivity index (χ0n) is 13.1. The van der Waals surface area contributed by atoms with Crippen LogP contribution in [-0.2, 0) is 18.0 Å². The first-order valence-electron chi connectivity index (χ1n) is 7.72. The molecule has 0 radical (unpaired) electrons. The molecule has 1 aliphatic rings. The van der Waals surface area contributed by atoms with Crippen LogP contribution in [0.5, 0.6) is 0 Å².